The number of allylic oxidation sites excluding steroid dienone is 2. The SMILES string of the molecule is O=C1CCCCCCCCCCC1=CCCS(=O)(=O)c1ccccc1. The summed E-state index contributed by atoms with van der Waals surface area (Å²) in [6.45, 7) is 0. The molecular weight excluding hydrogens is 332 g/mol. The summed E-state index contributed by atoms with van der Waals surface area (Å²) in [7, 11) is -3.27. The predicted molar refractivity (Wildman–Crippen MR) is 102 cm³/mol. The Morgan fingerprint density at radius 2 is 1.36 bits per heavy atom. The van der Waals surface area contributed by atoms with Crippen molar-refractivity contribution in [2.24, 2.45) is 0 Å². The molecule has 1 fully saturated rings. The van der Waals surface area contributed by atoms with Crippen molar-refractivity contribution >= 4 is 15.6 Å². The van der Waals surface area contributed by atoms with Gasteiger partial charge in [-0.3, -0.25) is 4.79 Å². The smallest absolute Gasteiger partial charge is 0.178 e. The number of ketones is 1. The fourth-order valence-corrected chi connectivity index (χ4v) is 4.55. The molecule has 0 heterocycles. The topological polar surface area (TPSA) is 51.2 Å². The molecule has 0 bridgehead atoms. The summed E-state index contributed by atoms with van der Waals surface area (Å²) in [6.07, 6.45) is 13.0. The van der Waals surface area contributed by atoms with Crippen LogP contribution in [0.5, 0.6) is 0 Å². The fraction of sp³-hybridized carbons (Fsp3) is 0.571. The molecule has 0 N–H and O–H groups in total. The van der Waals surface area contributed by atoms with E-state index in [1.165, 1.54) is 25.7 Å². The lowest BCUT2D eigenvalue weighted by Crippen LogP contribution is -2.08. The molecule has 0 atom stereocenters. The summed E-state index contributed by atoms with van der Waals surface area (Å²) in [5.41, 5.74) is 0.851. The summed E-state index contributed by atoms with van der Waals surface area (Å²) in [5.74, 6) is 0.283. The van der Waals surface area contributed by atoms with Gasteiger partial charge in [-0.1, -0.05) is 62.8 Å². The second kappa shape index (κ2) is 10.5. The molecule has 1 aromatic rings. The van der Waals surface area contributed by atoms with Gasteiger partial charge in [0.05, 0.1) is 10.6 Å². The first kappa shape index (κ1) is 19.9. The number of Topliss-reactive ketones (excluding diaryl/α,β-unsaturated/α-hetero) is 1. The zero-order chi connectivity index (χ0) is 18.0. The van der Waals surface area contributed by atoms with Gasteiger partial charge in [0.2, 0.25) is 0 Å². The maximum absolute atomic E-state index is 12.4. The quantitative estimate of drug-likeness (QED) is 0.686. The molecule has 1 aliphatic carbocycles. The predicted octanol–water partition coefficient (Wildman–Crippen LogP) is 5.26. The molecule has 1 aromatic carbocycles. The van der Waals surface area contributed by atoms with Gasteiger partial charge in [-0.15, -0.1) is 0 Å². The second-order valence-corrected chi connectivity index (χ2v) is 9.01. The highest BCUT2D eigenvalue weighted by Gasteiger charge is 2.14. The lowest BCUT2D eigenvalue weighted by molar-refractivity contribution is -0.115. The van der Waals surface area contributed by atoms with Crippen LogP contribution in [0.1, 0.15) is 70.6 Å². The largest absolute Gasteiger partial charge is 0.295 e. The average Bonchev–Trinajstić information content (AvgIpc) is 2.61. The van der Waals surface area contributed by atoms with E-state index in [2.05, 4.69) is 0 Å². The minimum Gasteiger partial charge on any atom is -0.295 e. The number of hydrogen-bond donors (Lipinski definition) is 0. The van der Waals surface area contributed by atoms with Gasteiger partial charge in [-0.05, 0) is 43.4 Å². The first-order valence-corrected chi connectivity index (χ1v) is 11.2. The van der Waals surface area contributed by atoms with Gasteiger partial charge in [0, 0.05) is 6.42 Å². The minimum absolute atomic E-state index is 0.0633. The Balaban J connectivity index is 1.96. The molecule has 25 heavy (non-hydrogen) atoms. The van der Waals surface area contributed by atoms with Crippen molar-refractivity contribution in [3.05, 3.63) is 42.0 Å². The monoisotopic (exact) mass is 362 g/mol. The molecule has 3 nitrogen and oxygen atoms in total. The lowest BCUT2D eigenvalue weighted by atomic mass is 9.96. The van der Waals surface area contributed by atoms with Crippen molar-refractivity contribution in [1.82, 2.24) is 0 Å². The molecule has 4 heteroatoms. The van der Waals surface area contributed by atoms with Gasteiger partial charge in [-0.25, -0.2) is 8.42 Å². The maximum atomic E-state index is 12.4. The van der Waals surface area contributed by atoms with Crippen LogP contribution in [0.3, 0.4) is 0 Å². The Morgan fingerprint density at radius 3 is 2.00 bits per heavy atom. The molecule has 1 aliphatic rings. The summed E-state index contributed by atoms with van der Waals surface area (Å²) >= 11 is 0. The summed E-state index contributed by atoms with van der Waals surface area (Å²) in [5, 5.41) is 0. The zero-order valence-electron chi connectivity index (χ0n) is 15.1. The Kier molecular flexibility index (Phi) is 8.39. The fourth-order valence-electron chi connectivity index (χ4n) is 3.31. The van der Waals surface area contributed by atoms with E-state index in [0.29, 0.717) is 17.7 Å². The zero-order valence-corrected chi connectivity index (χ0v) is 15.9. The Bertz CT molecular complexity index is 660. The molecule has 0 amide bonds. The third-order valence-electron chi connectivity index (χ3n) is 4.84. The highest BCUT2D eigenvalue weighted by Crippen LogP contribution is 2.19. The molecule has 138 valence electrons. The number of hydrogen-bond acceptors (Lipinski definition) is 3. The molecule has 1 saturated carbocycles. The van der Waals surface area contributed by atoms with Crippen molar-refractivity contribution in [3.8, 4) is 0 Å². The van der Waals surface area contributed by atoms with E-state index in [0.717, 1.165) is 37.7 Å². The van der Waals surface area contributed by atoms with E-state index in [1.807, 2.05) is 12.1 Å². The first-order valence-electron chi connectivity index (χ1n) is 9.59. The first-order chi connectivity index (χ1) is 12.1. The van der Waals surface area contributed by atoms with E-state index < -0.39 is 9.84 Å². The van der Waals surface area contributed by atoms with E-state index >= 15 is 0 Å². The molecule has 0 unspecified atom stereocenters. The van der Waals surface area contributed by atoms with E-state index in [4.69, 9.17) is 0 Å². The Hall–Kier alpha value is -1.42. The number of carbonyl (C=O) groups excluding carboxylic acids is 1. The van der Waals surface area contributed by atoms with Crippen LogP contribution in [-0.4, -0.2) is 20.0 Å². The lowest BCUT2D eigenvalue weighted by Gasteiger charge is -2.10. The Morgan fingerprint density at radius 1 is 0.800 bits per heavy atom. The van der Waals surface area contributed by atoms with Crippen LogP contribution in [0.2, 0.25) is 0 Å². The molecule has 0 spiro atoms. The number of rotatable bonds is 4. The van der Waals surface area contributed by atoms with Crippen molar-refractivity contribution < 1.29 is 13.2 Å². The minimum atomic E-state index is -3.27. The van der Waals surface area contributed by atoms with Crippen molar-refractivity contribution in [1.29, 1.82) is 0 Å². The van der Waals surface area contributed by atoms with E-state index in [1.54, 1.807) is 24.3 Å². The molecule has 0 aliphatic heterocycles. The Labute approximate surface area is 152 Å². The number of sulfone groups is 1. The van der Waals surface area contributed by atoms with E-state index in [-0.39, 0.29) is 11.5 Å². The molecule has 2 rings (SSSR count). The molecule has 0 saturated heterocycles. The van der Waals surface area contributed by atoms with Crippen molar-refractivity contribution in [3.63, 3.8) is 0 Å². The van der Waals surface area contributed by atoms with Crippen LogP contribution >= 0.6 is 0 Å². The highest BCUT2D eigenvalue weighted by atomic mass is 32.2. The summed E-state index contributed by atoms with van der Waals surface area (Å²) < 4.78 is 24.7. The van der Waals surface area contributed by atoms with Crippen LogP contribution in [0, 0.1) is 0 Å². The van der Waals surface area contributed by atoms with Crippen LogP contribution in [0.25, 0.3) is 0 Å². The van der Waals surface area contributed by atoms with Crippen molar-refractivity contribution in [2.75, 3.05) is 5.75 Å². The van der Waals surface area contributed by atoms with Gasteiger partial charge in [-0.2, -0.15) is 0 Å². The van der Waals surface area contributed by atoms with Crippen molar-refractivity contribution in [2.45, 2.75) is 75.5 Å². The van der Waals surface area contributed by atoms with Crippen LogP contribution in [-0.2, 0) is 14.6 Å². The normalized spacial score (nSPS) is 20.0. The second-order valence-electron chi connectivity index (χ2n) is 6.90. The summed E-state index contributed by atoms with van der Waals surface area (Å²) in [6, 6.07) is 8.54. The molecule has 0 aromatic heterocycles. The van der Waals surface area contributed by atoms with Crippen LogP contribution < -0.4 is 0 Å². The highest BCUT2D eigenvalue weighted by molar-refractivity contribution is 7.91. The van der Waals surface area contributed by atoms with Gasteiger partial charge in [0.25, 0.3) is 0 Å². The molecule has 0 radical (unpaired) electrons. The standard InChI is InChI=1S/C21H30O3S/c22-21-17-11-6-4-2-1-3-5-8-13-19(21)14-12-18-25(23,24)20-15-9-7-10-16-20/h7,9-10,14-16H,1-6,8,11-13,17-18H2. The average molecular weight is 363 g/mol. The third kappa shape index (κ3) is 7.15. The number of carbonyl (C=O) groups is 1. The van der Waals surface area contributed by atoms with Crippen LogP contribution in [0.4, 0.5) is 0 Å². The van der Waals surface area contributed by atoms with Crippen LogP contribution in [0.15, 0.2) is 46.9 Å². The molecular formula is C21H30O3S. The van der Waals surface area contributed by atoms with Gasteiger partial charge in [0.15, 0.2) is 15.6 Å². The van der Waals surface area contributed by atoms with Gasteiger partial charge < -0.3 is 0 Å². The van der Waals surface area contributed by atoms with Gasteiger partial charge >= 0.3 is 0 Å². The maximum Gasteiger partial charge on any atom is 0.178 e. The summed E-state index contributed by atoms with van der Waals surface area (Å²) in [4.78, 5) is 12.8. The number of benzene rings is 1. The third-order valence-corrected chi connectivity index (χ3v) is 6.60. The van der Waals surface area contributed by atoms with Gasteiger partial charge in [0.1, 0.15) is 0 Å². The van der Waals surface area contributed by atoms with E-state index in [9.17, 15) is 13.2 Å².